The monoisotopic (exact) mass is 1210 g/mol. The minimum atomic E-state index is -0.368. The number of halogens is 6. The van der Waals surface area contributed by atoms with Crippen LogP contribution in [0.25, 0.3) is 44.1 Å². The molecular weight excluding hydrogens is 1140 g/mol. The molecule has 4 aliphatic rings. The van der Waals surface area contributed by atoms with Gasteiger partial charge in [0.15, 0.2) is 12.5 Å². The summed E-state index contributed by atoms with van der Waals surface area (Å²) in [5.41, 5.74) is 11.9. The van der Waals surface area contributed by atoms with Crippen LogP contribution in [0.4, 0.5) is 17.6 Å². The van der Waals surface area contributed by atoms with E-state index in [-0.39, 0.29) is 49.6 Å². The molecule has 2 aromatic heterocycles. The summed E-state index contributed by atoms with van der Waals surface area (Å²) < 4.78 is 82.0. The maximum absolute atomic E-state index is 14.1. The van der Waals surface area contributed by atoms with Gasteiger partial charge in [-0.2, -0.15) is 10.2 Å². The van der Waals surface area contributed by atoms with Crippen LogP contribution >= 0.6 is 23.2 Å². The van der Waals surface area contributed by atoms with Crippen molar-refractivity contribution < 1.29 is 36.5 Å². The molecule has 16 heteroatoms. The van der Waals surface area contributed by atoms with Crippen LogP contribution in [0, 0.1) is 11.6 Å². The molecule has 0 N–H and O–H groups in total. The van der Waals surface area contributed by atoms with Gasteiger partial charge in [0.05, 0.1) is 46.8 Å². The van der Waals surface area contributed by atoms with Gasteiger partial charge in [0.1, 0.15) is 35.3 Å². The normalized spacial score (nSPS) is 20.0. The third kappa shape index (κ3) is 14.4. The first-order valence-corrected chi connectivity index (χ1v) is 31.5. The van der Waals surface area contributed by atoms with Crippen molar-refractivity contribution in [3.8, 4) is 11.5 Å². The van der Waals surface area contributed by atoms with E-state index in [0.29, 0.717) is 29.3 Å². The van der Waals surface area contributed by atoms with E-state index in [0.717, 1.165) is 199 Å². The molecule has 0 bridgehead atoms. The number of ether oxygens (including phenoxy) is 4. The zero-order valence-electron chi connectivity index (χ0n) is 49.2. The van der Waals surface area contributed by atoms with E-state index in [1.54, 1.807) is 12.1 Å². The molecule has 0 radical (unpaired) electrons. The van der Waals surface area contributed by atoms with Crippen LogP contribution in [0.3, 0.4) is 0 Å². The molecule has 0 aliphatic carbocycles. The van der Waals surface area contributed by atoms with Gasteiger partial charge in [-0.3, -0.25) is 18.6 Å². The predicted molar refractivity (Wildman–Crippen MR) is 337 cm³/mol. The van der Waals surface area contributed by atoms with Crippen LogP contribution in [-0.2, 0) is 9.47 Å². The minimum Gasteiger partial charge on any atom is -0.489 e. The van der Waals surface area contributed by atoms with Crippen molar-refractivity contribution in [1.29, 1.82) is 0 Å². The molecular formula is C70H76Cl2F4N6O4. The molecule has 0 amide bonds. The predicted octanol–water partition coefficient (Wildman–Crippen LogP) is 17.4. The molecule has 452 valence electrons. The highest BCUT2D eigenvalue weighted by Gasteiger charge is 2.27. The number of nitrogens with zero attached hydrogens (tertiary/aromatic N) is 6. The molecule has 86 heavy (non-hydrogen) atoms. The zero-order valence-corrected chi connectivity index (χ0v) is 50.7. The van der Waals surface area contributed by atoms with E-state index in [1.165, 1.54) is 24.3 Å². The molecule has 12 rings (SSSR count). The summed E-state index contributed by atoms with van der Waals surface area (Å²) >= 11 is 13.3. The average molecular weight is 1210 g/mol. The molecule has 4 aliphatic heterocycles. The van der Waals surface area contributed by atoms with Gasteiger partial charge in [-0.05, 0) is 206 Å². The number of likely N-dealkylation sites (tertiary alicyclic amines) is 2. The van der Waals surface area contributed by atoms with Crippen LogP contribution in [0.15, 0.2) is 134 Å². The Kier molecular flexibility index (Phi) is 20.6. The van der Waals surface area contributed by atoms with Crippen LogP contribution in [0.5, 0.6) is 11.5 Å². The van der Waals surface area contributed by atoms with Crippen molar-refractivity contribution in [2.24, 2.45) is 0 Å². The summed E-state index contributed by atoms with van der Waals surface area (Å²) in [6.45, 7) is 10.2. The topological polar surface area (TPSA) is 79.0 Å². The first-order chi connectivity index (χ1) is 42.1. The van der Waals surface area contributed by atoms with Crippen molar-refractivity contribution in [2.45, 2.75) is 116 Å². The van der Waals surface area contributed by atoms with E-state index in [4.69, 9.17) is 47.2 Å². The summed E-state index contributed by atoms with van der Waals surface area (Å²) in [6.07, 6.45) is 14.7. The van der Waals surface area contributed by atoms with Crippen molar-refractivity contribution in [1.82, 2.24) is 29.4 Å². The van der Waals surface area contributed by atoms with Crippen LogP contribution in [-0.4, -0.2) is 107 Å². The Morgan fingerprint density at radius 1 is 0.523 bits per heavy atom. The highest BCUT2D eigenvalue weighted by atomic mass is 35.5. The first-order valence-electron chi connectivity index (χ1n) is 30.7. The lowest BCUT2D eigenvalue weighted by atomic mass is 9.87. The van der Waals surface area contributed by atoms with Crippen molar-refractivity contribution in [3.05, 3.63) is 189 Å². The van der Waals surface area contributed by atoms with Gasteiger partial charge in [-0.25, -0.2) is 18.1 Å². The Labute approximate surface area is 512 Å². The second kappa shape index (κ2) is 29.0. The highest BCUT2D eigenvalue weighted by Crippen LogP contribution is 2.42. The number of alkyl halides is 2. The Morgan fingerprint density at radius 2 is 0.988 bits per heavy atom. The molecule has 6 heterocycles. The van der Waals surface area contributed by atoms with E-state index in [1.807, 2.05) is 46.0 Å². The lowest BCUT2D eigenvalue weighted by Crippen LogP contribution is -2.26. The summed E-state index contributed by atoms with van der Waals surface area (Å²) in [6, 6.07) is 38.3. The zero-order chi connectivity index (χ0) is 59.5. The fourth-order valence-electron chi connectivity index (χ4n) is 12.7. The van der Waals surface area contributed by atoms with Gasteiger partial charge in [0.25, 0.3) is 0 Å². The quantitative estimate of drug-likeness (QED) is 0.0552. The van der Waals surface area contributed by atoms with E-state index in [2.05, 4.69) is 89.4 Å². The number of benzene rings is 6. The second-order valence-corrected chi connectivity index (χ2v) is 23.6. The van der Waals surface area contributed by atoms with Gasteiger partial charge < -0.3 is 18.9 Å². The van der Waals surface area contributed by atoms with Crippen LogP contribution < -0.4 is 9.47 Å². The minimum absolute atomic E-state index is 0.0421. The van der Waals surface area contributed by atoms with Gasteiger partial charge in [-0.1, -0.05) is 79.5 Å². The van der Waals surface area contributed by atoms with Gasteiger partial charge in [0.2, 0.25) is 0 Å². The van der Waals surface area contributed by atoms with Crippen LogP contribution in [0.1, 0.15) is 137 Å². The number of rotatable bonds is 20. The molecule has 4 saturated heterocycles. The molecule has 2 unspecified atom stereocenters. The fourth-order valence-corrected chi connectivity index (χ4v) is 13.3. The third-order valence-electron chi connectivity index (χ3n) is 17.0. The molecule has 6 aromatic carbocycles. The summed E-state index contributed by atoms with van der Waals surface area (Å²) in [5, 5.41) is 12.2. The molecule has 4 fully saturated rings. The van der Waals surface area contributed by atoms with Crippen molar-refractivity contribution in [2.75, 3.05) is 65.8 Å². The van der Waals surface area contributed by atoms with Gasteiger partial charge in [-0.15, -0.1) is 0 Å². The standard InChI is InChI=1S/2C35H38ClF2N3O2/c1-2-30(31-13-10-27(38)21-32(31)36)35(24-7-11-28(12-8-24)43-29-15-18-40(23-29)17-5-16-37)25-9-14-33-26(20-25)22-39-41(33)34-6-3-4-19-42-34;1-2-30(24-7-11-28(12-8-24)43-29-15-18-40(23-29)17-5-16-37)35(31-13-10-27(38)21-32(31)36)25-9-14-33-26(20-25)22-39-41(33)34-6-3-4-19-42-34/h2*7-14,20-22,29,34H,2-6,15-19,23H2,1H3/b35-30+;35-30-/t2*29-,34?/m00/s1. The fraction of sp³-hybridized carbons (Fsp3) is 0.400. The summed E-state index contributed by atoms with van der Waals surface area (Å²) in [7, 11) is 0. The van der Waals surface area contributed by atoms with Gasteiger partial charge in [0, 0.05) is 68.8 Å². The number of hydrogen-bond donors (Lipinski definition) is 0. The smallest absolute Gasteiger partial charge is 0.150 e. The molecule has 4 atom stereocenters. The Bertz CT molecular complexity index is 3630. The maximum Gasteiger partial charge on any atom is 0.150 e. The van der Waals surface area contributed by atoms with Gasteiger partial charge >= 0.3 is 0 Å². The van der Waals surface area contributed by atoms with E-state index < -0.39 is 0 Å². The lowest BCUT2D eigenvalue weighted by Gasteiger charge is -2.23. The van der Waals surface area contributed by atoms with E-state index in [9.17, 15) is 17.6 Å². The Balaban J connectivity index is 0.000000179. The lowest BCUT2D eigenvalue weighted by molar-refractivity contribution is -0.0367. The third-order valence-corrected chi connectivity index (χ3v) is 17.6. The number of allylic oxidation sites excluding steroid dienone is 2. The number of hydrogen-bond acceptors (Lipinski definition) is 8. The molecule has 0 spiro atoms. The van der Waals surface area contributed by atoms with Crippen molar-refractivity contribution >= 4 is 67.3 Å². The Hall–Kier alpha value is -6.52. The highest BCUT2D eigenvalue weighted by molar-refractivity contribution is 6.33. The molecule has 8 aromatic rings. The number of fused-ring (bicyclic) bond motifs is 2. The molecule has 0 saturated carbocycles. The van der Waals surface area contributed by atoms with E-state index >= 15 is 0 Å². The first kappa shape index (κ1) is 61.1. The molecule has 10 nitrogen and oxygen atoms in total. The maximum atomic E-state index is 14.1. The summed E-state index contributed by atoms with van der Waals surface area (Å²) in [5.74, 6) is 0.896. The largest absolute Gasteiger partial charge is 0.489 e. The summed E-state index contributed by atoms with van der Waals surface area (Å²) in [4.78, 5) is 4.52. The second-order valence-electron chi connectivity index (χ2n) is 22.8. The number of aromatic nitrogens is 4. The SMILES string of the molecule is CC/C(=C(/c1ccc(O[C@H]2CCN(CCCF)C2)cc1)c1ccc2c(cnn2C2CCCCO2)c1)c1ccc(F)cc1Cl.CC/C(=C(\c1ccc2c(cnn2C2CCCCO2)c1)c1ccc(F)cc1Cl)c1ccc(O[C@H]2CCN(CCCF)C2)cc1. The average Bonchev–Trinajstić information content (AvgIpc) is 2.52. The van der Waals surface area contributed by atoms with Crippen molar-refractivity contribution in [3.63, 3.8) is 0 Å². The Morgan fingerprint density at radius 3 is 1.44 bits per heavy atom. The van der Waals surface area contributed by atoms with Crippen LogP contribution in [0.2, 0.25) is 10.0 Å².